The van der Waals surface area contributed by atoms with E-state index < -0.39 is 27.5 Å². The van der Waals surface area contributed by atoms with Crippen molar-refractivity contribution in [2.24, 2.45) is 5.92 Å². The van der Waals surface area contributed by atoms with Crippen molar-refractivity contribution in [1.82, 2.24) is 5.32 Å². The average molecular weight is 317 g/mol. The fourth-order valence-corrected chi connectivity index (χ4v) is 4.82. The topological polar surface area (TPSA) is 46.2 Å². The van der Waals surface area contributed by atoms with Gasteiger partial charge in [0.15, 0.2) is 9.84 Å². The lowest BCUT2D eigenvalue weighted by atomic mass is 9.92. The second kappa shape index (κ2) is 6.40. The molecular formula is C15H21F2NO2S. The summed E-state index contributed by atoms with van der Waals surface area (Å²) in [6.45, 7) is 4.03. The predicted molar refractivity (Wildman–Crippen MR) is 78.9 cm³/mol. The van der Waals surface area contributed by atoms with E-state index in [0.717, 1.165) is 0 Å². The average Bonchev–Trinajstić information content (AvgIpc) is 2.74. The van der Waals surface area contributed by atoms with Gasteiger partial charge < -0.3 is 5.32 Å². The molecule has 0 aromatic heterocycles. The Morgan fingerprint density at radius 1 is 1.38 bits per heavy atom. The van der Waals surface area contributed by atoms with E-state index in [-0.39, 0.29) is 23.0 Å². The third-order valence-electron chi connectivity index (χ3n) is 4.01. The molecule has 1 heterocycles. The zero-order valence-corrected chi connectivity index (χ0v) is 13.1. The first kappa shape index (κ1) is 16.4. The highest BCUT2D eigenvalue weighted by molar-refractivity contribution is 7.91. The summed E-state index contributed by atoms with van der Waals surface area (Å²) >= 11 is 0. The van der Waals surface area contributed by atoms with Gasteiger partial charge in [0.25, 0.3) is 0 Å². The van der Waals surface area contributed by atoms with E-state index in [9.17, 15) is 17.2 Å². The quantitative estimate of drug-likeness (QED) is 0.908. The first-order chi connectivity index (χ1) is 9.84. The van der Waals surface area contributed by atoms with Crippen LogP contribution in [0.2, 0.25) is 0 Å². The van der Waals surface area contributed by atoms with Crippen LogP contribution in [0.3, 0.4) is 0 Å². The van der Waals surface area contributed by atoms with E-state index in [4.69, 9.17) is 0 Å². The Hall–Kier alpha value is -1.01. The molecule has 1 aromatic rings. The minimum absolute atomic E-state index is 0.0288. The number of benzene rings is 1. The second-order valence-electron chi connectivity index (χ2n) is 5.71. The van der Waals surface area contributed by atoms with Crippen LogP contribution < -0.4 is 5.32 Å². The predicted octanol–water partition coefficient (Wildman–Crippen LogP) is 2.75. The Labute approximate surface area is 124 Å². The summed E-state index contributed by atoms with van der Waals surface area (Å²) < 4.78 is 51.4. The first-order valence-corrected chi connectivity index (χ1v) is 9.04. The molecule has 1 N–H and O–H groups in total. The van der Waals surface area contributed by atoms with E-state index in [1.807, 2.05) is 6.92 Å². The van der Waals surface area contributed by atoms with Crippen molar-refractivity contribution in [3.05, 3.63) is 34.9 Å². The van der Waals surface area contributed by atoms with Crippen LogP contribution in [0, 0.1) is 24.5 Å². The lowest BCUT2D eigenvalue weighted by Crippen LogP contribution is -2.26. The summed E-state index contributed by atoms with van der Waals surface area (Å²) in [5, 5.41) is 3.09. The van der Waals surface area contributed by atoms with Crippen LogP contribution in [0.15, 0.2) is 12.1 Å². The van der Waals surface area contributed by atoms with Crippen molar-refractivity contribution in [3.63, 3.8) is 0 Å². The van der Waals surface area contributed by atoms with Gasteiger partial charge in [-0.25, -0.2) is 17.2 Å². The van der Waals surface area contributed by atoms with Gasteiger partial charge in [-0.1, -0.05) is 13.0 Å². The molecule has 0 spiro atoms. The maximum Gasteiger partial charge on any atom is 0.150 e. The van der Waals surface area contributed by atoms with Crippen LogP contribution in [0.25, 0.3) is 0 Å². The zero-order chi connectivity index (χ0) is 15.6. The van der Waals surface area contributed by atoms with Crippen LogP contribution in [0.5, 0.6) is 0 Å². The van der Waals surface area contributed by atoms with Crippen LogP contribution in [-0.2, 0) is 9.84 Å². The van der Waals surface area contributed by atoms with Gasteiger partial charge in [-0.05, 0) is 43.9 Å². The highest BCUT2D eigenvalue weighted by Crippen LogP contribution is 2.32. The molecule has 21 heavy (non-hydrogen) atoms. The van der Waals surface area contributed by atoms with Gasteiger partial charge in [-0.3, -0.25) is 0 Å². The number of hydrogen-bond donors (Lipinski definition) is 1. The fraction of sp³-hybridized carbons (Fsp3) is 0.600. The smallest absolute Gasteiger partial charge is 0.150 e. The Bertz CT molecular complexity index is 616. The second-order valence-corrected chi connectivity index (χ2v) is 7.94. The number of hydrogen-bond acceptors (Lipinski definition) is 3. The zero-order valence-electron chi connectivity index (χ0n) is 12.3. The summed E-state index contributed by atoms with van der Waals surface area (Å²) in [5.74, 6) is -0.871. The summed E-state index contributed by atoms with van der Waals surface area (Å²) in [6, 6.07) is 2.19. The van der Waals surface area contributed by atoms with Crippen LogP contribution in [0.4, 0.5) is 8.78 Å². The molecule has 0 amide bonds. The molecule has 118 valence electrons. The molecule has 1 fully saturated rings. The molecule has 3 nitrogen and oxygen atoms in total. The number of nitrogens with one attached hydrogen (secondary N) is 1. The molecule has 2 rings (SSSR count). The fourth-order valence-electron chi connectivity index (χ4n) is 2.94. The van der Waals surface area contributed by atoms with Crippen LogP contribution in [-0.4, -0.2) is 26.5 Å². The normalized spacial score (nSPS) is 22.4. The van der Waals surface area contributed by atoms with Gasteiger partial charge in [0, 0.05) is 11.6 Å². The van der Waals surface area contributed by atoms with Gasteiger partial charge in [-0.2, -0.15) is 0 Å². The van der Waals surface area contributed by atoms with Gasteiger partial charge in [0.05, 0.1) is 11.5 Å². The largest absolute Gasteiger partial charge is 0.310 e. The van der Waals surface area contributed by atoms with Crippen molar-refractivity contribution >= 4 is 9.84 Å². The van der Waals surface area contributed by atoms with Gasteiger partial charge in [-0.15, -0.1) is 0 Å². The molecule has 2 unspecified atom stereocenters. The summed E-state index contributed by atoms with van der Waals surface area (Å²) in [5.41, 5.74) is 0.425. The minimum atomic E-state index is -2.98. The summed E-state index contributed by atoms with van der Waals surface area (Å²) in [6.07, 6.45) is 1.00. The van der Waals surface area contributed by atoms with Gasteiger partial charge in [0.1, 0.15) is 11.6 Å². The van der Waals surface area contributed by atoms with Gasteiger partial charge >= 0.3 is 0 Å². The molecular weight excluding hydrogens is 296 g/mol. The van der Waals surface area contributed by atoms with Crippen LogP contribution >= 0.6 is 0 Å². The Morgan fingerprint density at radius 2 is 2.10 bits per heavy atom. The molecule has 1 aliphatic rings. The summed E-state index contributed by atoms with van der Waals surface area (Å²) in [7, 11) is -2.98. The van der Waals surface area contributed by atoms with Crippen molar-refractivity contribution in [2.75, 3.05) is 18.1 Å². The highest BCUT2D eigenvalue weighted by atomic mass is 32.2. The van der Waals surface area contributed by atoms with Crippen molar-refractivity contribution in [3.8, 4) is 0 Å². The van der Waals surface area contributed by atoms with Crippen molar-refractivity contribution in [1.29, 1.82) is 0 Å². The molecule has 0 bridgehead atoms. The molecule has 1 saturated heterocycles. The van der Waals surface area contributed by atoms with E-state index >= 15 is 0 Å². The van der Waals surface area contributed by atoms with E-state index in [0.29, 0.717) is 24.9 Å². The third kappa shape index (κ3) is 3.80. The lowest BCUT2D eigenvalue weighted by Gasteiger charge is -2.23. The number of sulfone groups is 1. The third-order valence-corrected chi connectivity index (χ3v) is 5.85. The SMILES string of the molecule is CCNC(CC1CCS(=O)(=O)C1)c1c(F)ccc(C)c1F. The molecule has 0 radical (unpaired) electrons. The van der Waals surface area contributed by atoms with Crippen LogP contribution in [0.1, 0.15) is 36.9 Å². The van der Waals surface area contributed by atoms with E-state index in [2.05, 4.69) is 5.32 Å². The molecule has 6 heteroatoms. The monoisotopic (exact) mass is 317 g/mol. The molecule has 1 aliphatic heterocycles. The number of aryl methyl sites for hydroxylation is 1. The maximum atomic E-state index is 14.3. The molecule has 2 atom stereocenters. The van der Waals surface area contributed by atoms with Crippen molar-refractivity contribution < 1.29 is 17.2 Å². The Kier molecular flexibility index (Phi) is 4.99. The van der Waals surface area contributed by atoms with Crippen molar-refractivity contribution in [2.45, 2.75) is 32.7 Å². The summed E-state index contributed by atoms with van der Waals surface area (Å²) in [4.78, 5) is 0. The molecule has 1 aromatic carbocycles. The molecule has 0 aliphatic carbocycles. The Morgan fingerprint density at radius 3 is 2.67 bits per heavy atom. The number of rotatable bonds is 5. The maximum absolute atomic E-state index is 14.3. The number of halogens is 2. The Balaban J connectivity index is 2.26. The molecule has 0 saturated carbocycles. The van der Waals surface area contributed by atoms with E-state index in [1.165, 1.54) is 12.1 Å². The minimum Gasteiger partial charge on any atom is -0.310 e. The van der Waals surface area contributed by atoms with Gasteiger partial charge in [0.2, 0.25) is 0 Å². The van der Waals surface area contributed by atoms with E-state index in [1.54, 1.807) is 6.92 Å². The highest BCUT2D eigenvalue weighted by Gasteiger charge is 2.31. The standard InChI is InChI=1S/C15H21F2NO2S/c1-3-18-13(8-11-6-7-21(19,20)9-11)14-12(16)5-4-10(2)15(14)17/h4-5,11,13,18H,3,6-9H2,1-2H3. The first-order valence-electron chi connectivity index (χ1n) is 7.22. The lowest BCUT2D eigenvalue weighted by molar-refractivity contribution is 0.394.